The second kappa shape index (κ2) is 8.40. The normalized spacial score (nSPS) is 14.3. The Morgan fingerprint density at radius 1 is 1.12 bits per heavy atom. The van der Waals surface area contributed by atoms with Crippen LogP contribution in [0.1, 0.15) is 29.5 Å². The number of aryl methyl sites for hydroxylation is 1. The number of aromatic carboxylic acids is 1. The van der Waals surface area contributed by atoms with Crippen LogP contribution in [0.25, 0.3) is 27.6 Å². The maximum absolute atomic E-state index is 15.0. The van der Waals surface area contributed by atoms with Crippen LogP contribution >= 0.6 is 0 Å². The molecule has 9 heteroatoms. The van der Waals surface area contributed by atoms with Gasteiger partial charge in [-0.2, -0.15) is 0 Å². The fraction of sp³-hybridized carbons (Fsp3) is 0.292. The number of rotatable bonds is 5. The summed E-state index contributed by atoms with van der Waals surface area (Å²) in [7, 11) is 0. The molecule has 0 atom stereocenters. The van der Waals surface area contributed by atoms with Gasteiger partial charge in [-0.15, -0.1) is 0 Å². The highest BCUT2D eigenvalue weighted by molar-refractivity contribution is 6.04. The van der Waals surface area contributed by atoms with E-state index in [0.29, 0.717) is 55.3 Å². The SMILES string of the molecule is CCCc1nc2c(C(=O)O)cc(N3CCOCC3)cc2n1-c1ccnc2c(F)ccc(F)c12. The van der Waals surface area contributed by atoms with Crippen molar-refractivity contribution < 1.29 is 23.4 Å². The average Bonchev–Trinajstić information content (AvgIpc) is 3.19. The van der Waals surface area contributed by atoms with Gasteiger partial charge in [0.1, 0.15) is 28.5 Å². The molecule has 2 aromatic heterocycles. The first kappa shape index (κ1) is 21.3. The molecule has 3 heterocycles. The van der Waals surface area contributed by atoms with Crippen LogP contribution in [0.4, 0.5) is 14.5 Å². The maximum atomic E-state index is 15.0. The summed E-state index contributed by atoms with van der Waals surface area (Å²) < 4.78 is 36.6. The Bertz CT molecular complexity index is 1380. The number of carboxylic acid groups (broad SMARTS) is 1. The molecule has 1 N–H and O–H groups in total. The highest BCUT2D eigenvalue weighted by Gasteiger charge is 2.24. The Morgan fingerprint density at radius 2 is 1.88 bits per heavy atom. The molecule has 0 aliphatic carbocycles. The fourth-order valence-electron chi connectivity index (χ4n) is 4.40. The number of halogens is 2. The van der Waals surface area contributed by atoms with Gasteiger partial charge in [-0.05, 0) is 36.8 Å². The lowest BCUT2D eigenvalue weighted by Crippen LogP contribution is -2.36. The maximum Gasteiger partial charge on any atom is 0.338 e. The third-order valence-electron chi connectivity index (χ3n) is 5.91. The van der Waals surface area contributed by atoms with Gasteiger partial charge in [-0.1, -0.05) is 6.92 Å². The summed E-state index contributed by atoms with van der Waals surface area (Å²) in [5.74, 6) is -1.76. The second-order valence-electron chi connectivity index (χ2n) is 7.96. The van der Waals surface area contributed by atoms with Crippen molar-refractivity contribution >= 4 is 33.6 Å². The molecule has 0 bridgehead atoms. The van der Waals surface area contributed by atoms with Gasteiger partial charge in [0.2, 0.25) is 0 Å². The highest BCUT2D eigenvalue weighted by Crippen LogP contribution is 2.34. The summed E-state index contributed by atoms with van der Waals surface area (Å²) in [5, 5.41) is 9.98. The topological polar surface area (TPSA) is 80.5 Å². The molecular formula is C24H22F2N4O3. The number of imidazole rings is 1. The highest BCUT2D eigenvalue weighted by atomic mass is 19.1. The van der Waals surface area contributed by atoms with E-state index in [9.17, 15) is 18.7 Å². The first-order valence-corrected chi connectivity index (χ1v) is 10.8. The van der Waals surface area contributed by atoms with E-state index in [2.05, 4.69) is 14.9 Å². The number of morpholine rings is 1. The number of anilines is 1. The lowest BCUT2D eigenvalue weighted by Gasteiger charge is -2.29. The van der Waals surface area contributed by atoms with E-state index < -0.39 is 17.6 Å². The number of ether oxygens (including phenoxy) is 1. The van der Waals surface area contributed by atoms with Crippen LogP contribution in [-0.2, 0) is 11.2 Å². The fourth-order valence-corrected chi connectivity index (χ4v) is 4.40. The molecule has 7 nitrogen and oxygen atoms in total. The monoisotopic (exact) mass is 452 g/mol. The van der Waals surface area contributed by atoms with Crippen LogP contribution < -0.4 is 4.90 Å². The van der Waals surface area contributed by atoms with Crippen molar-refractivity contribution in [2.45, 2.75) is 19.8 Å². The number of benzene rings is 2. The van der Waals surface area contributed by atoms with Crippen LogP contribution in [-0.4, -0.2) is 51.9 Å². The molecule has 0 saturated carbocycles. The molecule has 1 saturated heterocycles. The third-order valence-corrected chi connectivity index (χ3v) is 5.91. The van der Waals surface area contributed by atoms with E-state index in [-0.39, 0.29) is 16.5 Å². The van der Waals surface area contributed by atoms with Crippen LogP contribution in [0.15, 0.2) is 36.5 Å². The zero-order valence-corrected chi connectivity index (χ0v) is 18.0. The van der Waals surface area contributed by atoms with Gasteiger partial charge >= 0.3 is 5.97 Å². The standard InChI is InChI=1S/C24H22F2N4O3/c1-2-3-20-28-22-15(24(31)32)12-14(29-8-10-33-11-9-29)13-19(22)30(20)18-6-7-27-23-17(26)5-4-16(25)21(18)23/h4-7,12-13H,2-3,8-11H2,1H3,(H,31,32). The van der Waals surface area contributed by atoms with Crippen molar-refractivity contribution in [3.05, 3.63) is 59.6 Å². The molecule has 1 aliphatic rings. The number of hydrogen-bond donors (Lipinski definition) is 1. The largest absolute Gasteiger partial charge is 0.478 e. The predicted molar refractivity (Wildman–Crippen MR) is 120 cm³/mol. The van der Waals surface area contributed by atoms with Crippen molar-refractivity contribution in [1.29, 1.82) is 0 Å². The molecule has 170 valence electrons. The third kappa shape index (κ3) is 3.58. The van der Waals surface area contributed by atoms with E-state index >= 15 is 0 Å². The summed E-state index contributed by atoms with van der Waals surface area (Å²) >= 11 is 0. The van der Waals surface area contributed by atoms with Gasteiger partial charge in [0.25, 0.3) is 0 Å². The minimum Gasteiger partial charge on any atom is -0.478 e. The molecule has 0 radical (unpaired) electrons. The summed E-state index contributed by atoms with van der Waals surface area (Å²) in [4.78, 5) is 22.9. The Kier molecular flexibility index (Phi) is 5.41. The Balaban J connectivity index is 1.86. The van der Waals surface area contributed by atoms with Crippen LogP contribution in [0.3, 0.4) is 0 Å². The number of fused-ring (bicyclic) bond motifs is 2. The molecule has 1 fully saturated rings. The van der Waals surface area contributed by atoms with Crippen molar-refractivity contribution in [2.75, 3.05) is 31.2 Å². The first-order chi connectivity index (χ1) is 16.0. The van der Waals surface area contributed by atoms with E-state index in [0.717, 1.165) is 24.2 Å². The Hall–Kier alpha value is -3.59. The van der Waals surface area contributed by atoms with Gasteiger partial charge in [0.05, 0.1) is 35.4 Å². The molecule has 5 rings (SSSR count). The molecule has 0 spiro atoms. The van der Waals surface area contributed by atoms with E-state index in [1.807, 2.05) is 13.0 Å². The number of carbonyl (C=O) groups is 1. The molecule has 0 unspecified atom stereocenters. The lowest BCUT2D eigenvalue weighted by molar-refractivity contribution is 0.0699. The minimum atomic E-state index is -1.10. The summed E-state index contributed by atoms with van der Waals surface area (Å²) in [6.45, 7) is 4.31. The minimum absolute atomic E-state index is 0.0304. The quantitative estimate of drug-likeness (QED) is 0.485. The van der Waals surface area contributed by atoms with Crippen molar-refractivity contribution in [3.63, 3.8) is 0 Å². The lowest BCUT2D eigenvalue weighted by atomic mass is 10.1. The van der Waals surface area contributed by atoms with Gasteiger partial charge in [-0.25, -0.2) is 18.6 Å². The molecule has 1 aliphatic heterocycles. The predicted octanol–water partition coefficient (Wildman–Crippen LogP) is 4.34. The molecule has 0 amide bonds. The molecular weight excluding hydrogens is 430 g/mol. The Labute approximate surface area is 188 Å². The summed E-state index contributed by atoms with van der Waals surface area (Å²) in [5.41, 5.74) is 1.91. The molecule has 2 aromatic carbocycles. The first-order valence-electron chi connectivity index (χ1n) is 10.8. The van der Waals surface area contributed by atoms with Crippen LogP contribution in [0.2, 0.25) is 0 Å². The van der Waals surface area contributed by atoms with Crippen molar-refractivity contribution in [3.8, 4) is 5.69 Å². The van der Waals surface area contributed by atoms with Crippen LogP contribution in [0, 0.1) is 11.6 Å². The van der Waals surface area contributed by atoms with Gasteiger partial charge in [-0.3, -0.25) is 9.55 Å². The summed E-state index contributed by atoms with van der Waals surface area (Å²) in [6.07, 6.45) is 2.69. The van der Waals surface area contributed by atoms with E-state index in [4.69, 9.17) is 4.74 Å². The van der Waals surface area contributed by atoms with Crippen LogP contribution in [0.5, 0.6) is 0 Å². The van der Waals surface area contributed by atoms with E-state index in [1.54, 1.807) is 16.7 Å². The van der Waals surface area contributed by atoms with Gasteiger partial charge in [0.15, 0.2) is 0 Å². The zero-order valence-electron chi connectivity index (χ0n) is 18.0. The number of hydrogen-bond acceptors (Lipinski definition) is 5. The average molecular weight is 452 g/mol. The number of aromatic nitrogens is 3. The van der Waals surface area contributed by atoms with Crippen molar-refractivity contribution in [2.24, 2.45) is 0 Å². The summed E-state index contributed by atoms with van der Waals surface area (Å²) in [6, 6.07) is 7.21. The molecule has 4 aromatic rings. The smallest absolute Gasteiger partial charge is 0.338 e. The van der Waals surface area contributed by atoms with E-state index in [1.165, 1.54) is 6.20 Å². The van der Waals surface area contributed by atoms with Crippen molar-refractivity contribution in [1.82, 2.24) is 14.5 Å². The Morgan fingerprint density at radius 3 is 2.61 bits per heavy atom. The van der Waals surface area contributed by atoms with Gasteiger partial charge < -0.3 is 14.7 Å². The number of nitrogens with zero attached hydrogens (tertiary/aromatic N) is 4. The van der Waals surface area contributed by atoms with Gasteiger partial charge in [0, 0.05) is 31.4 Å². The zero-order chi connectivity index (χ0) is 23.1. The number of pyridine rings is 1. The molecule has 33 heavy (non-hydrogen) atoms. The number of carboxylic acids is 1. The second-order valence-corrected chi connectivity index (χ2v) is 7.96.